The van der Waals surface area contributed by atoms with Crippen molar-refractivity contribution < 1.29 is 4.52 Å². The van der Waals surface area contributed by atoms with Gasteiger partial charge in [-0.05, 0) is 19.2 Å². The minimum Gasteiger partial charge on any atom is -0.330 e. The van der Waals surface area contributed by atoms with E-state index >= 15 is 0 Å². The highest BCUT2D eigenvalue weighted by Crippen LogP contribution is 2.22. The Morgan fingerprint density at radius 1 is 1.24 bits per heavy atom. The molecule has 1 atom stereocenters. The van der Waals surface area contributed by atoms with Gasteiger partial charge in [0.2, 0.25) is 5.82 Å². The summed E-state index contributed by atoms with van der Waals surface area (Å²) in [6.07, 6.45) is 0.762. The van der Waals surface area contributed by atoms with Crippen molar-refractivity contribution in [1.82, 2.24) is 35.1 Å². The number of aryl methyl sites for hydroxylation is 1. The molecule has 1 aliphatic rings. The van der Waals surface area contributed by atoms with Gasteiger partial charge in [-0.2, -0.15) is 4.98 Å². The second-order valence-electron chi connectivity index (χ2n) is 6.11. The number of para-hydroxylation sites is 1. The summed E-state index contributed by atoms with van der Waals surface area (Å²) in [5, 5.41) is 12.1. The maximum Gasteiger partial charge on any atom is 0.297 e. The standard InChI is InChI=1S/C17H21N7O/c1-3-14-19-16(21-24(14)12-7-5-4-6-8-12)17-20-15(22-25-17)13-11-18-9-10-23(13)2/h4-8,13,18H,3,9-11H2,1-2H3. The van der Waals surface area contributed by atoms with Gasteiger partial charge in [0.1, 0.15) is 5.82 Å². The number of piperazine rings is 1. The first kappa shape index (κ1) is 15.9. The van der Waals surface area contributed by atoms with Crippen molar-refractivity contribution in [3.8, 4) is 17.4 Å². The molecule has 1 saturated heterocycles. The maximum atomic E-state index is 5.45. The van der Waals surface area contributed by atoms with Gasteiger partial charge in [-0.15, -0.1) is 5.10 Å². The smallest absolute Gasteiger partial charge is 0.297 e. The fourth-order valence-electron chi connectivity index (χ4n) is 3.00. The topological polar surface area (TPSA) is 84.9 Å². The van der Waals surface area contributed by atoms with E-state index < -0.39 is 0 Å². The molecule has 1 N–H and O–H groups in total. The number of likely N-dealkylation sites (N-methyl/N-ethyl adjacent to an activating group) is 1. The van der Waals surface area contributed by atoms with Gasteiger partial charge in [0.25, 0.3) is 5.89 Å². The quantitative estimate of drug-likeness (QED) is 0.770. The first-order valence-electron chi connectivity index (χ1n) is 8.52. The Morgan fingerprint density at radius 3 is 2.84 bits per heavy atom. The van der Waals surface area contributed by atoms with E-state index in [0.29, 0.717) is 17.5 Å². The van der Waals surface area contributed by atoms with Crippen molar-refractivity contribution in [3.63, 3.8) is 0 Å². The van der Waals surface area contributed by atoms with Crippen LogP contribution in [0.3, 0.4) is 0 Å². The number of hydrogen-bond acceptors (Lipinski definition) is 7. The van der Waals surface area contributed by atoms with Crippen molar-refractivity contribution in [1.29, 1.82) is 0 Å². The monoisotopic (exact) mass is 339 g/mol. The van der Waals surface area contributed by atoms with Crippen LogP contribution in [0.15, 0.2) is 34.9 Å². The average Bonchev–Trinajstić information content (AvgIpc) is 3.30. The molecule has 1 aromatic carbocycles. The molecule has 130 valence electrons. The van der Waals surface area contributed by atoms with Gasteiger partial charge in [0, 0.05) is 26.1 Å². The molecule has 3 aromatic rings. The van der Waals surface area contributed by atoms with Gasteiger partial charge in [-0.3, -0.25) is 4.90 Å². The van der Waals surface area contributed by atoms with Gasteiger partial charge < -0.3 is 9.84 Å². The van der Waals surface area contributed by atoms with Crippen LogP contribution in [0.5, 0.6) is 0 Å². The summed E-state index contributed by atoms with van der Waals surface area (Å²) < 4.78 is 7.27. The van der Waals surface area contributed by atoms with Gasteiger partial charge in [0.15, 0.2) is 5.82 Å². The molecule has 25 heavy (non-hydrogen) atoms. The molecule has 0 amide bonds. The molecule has 2 aromatic heterocycles. The summed E-state index contributed by atoms with van der Waals surface area (Å²) in [7, 11) is 2.07. The van der Waals surface area contributed by atoms with Crippen LogP contribution in [0.1, 0.15) is 24.6 Å². The minimum atomic E-state index is 0.105. The largest absolute Gasteiger partial charge is 0.330 e. The highest BCUT2D eigenvalue weighted by Gasteiger charge is 2.26. The summed E-state index contributed by atoms with van der Waals surface area (Å²) in [5.41, 5.74) is 0.967. The first-order chi connectivity index (χ1) is 12.3. The molecule has 1 fully saturated rings. The zero-order chi connectivity index (χ0) is 17.2. The maximum absolute atomic E-state index is 5.45. The number of nitrogens with one attached hydrogen (secondary N) is 1. The van der Waals surface area contributed by atoms with Crippen molar-refractivity contribution >= 4 is 0 Å². The molecule has 8 heteroatoms. The lowest BCUT2D eigenvalue weighted by Gasteiger charge is -2.30. The zero-order valence-corrected chi connectivity index (χ0v) is 14.4. The number of hydrogen-bond donors (Lipinski definition) is 1. The zero-order valence-electron chi connectivity index (χ0n) is 14.4. The third kappa shape index (κ3) is 3.06. The summed E-state index contributed by atoms with van der Waals surface area (Å²) in [6, 6.07) is 10.0. The van der Waals surface area contributed by atoms with E-state index in [4.69, 9.17) is 4.52 Å². The van der Waals surface area contributed by atoms with E-state index in [1.54, 1.807) is 0 Å². The molecule has 1 aliphatic heterocycles. The van der Waals surface area contributed by atoms with Crippen LogP contribution in [-0.2, 0) is 6.42 Å². The number of nitrogens with zero attached hydrogens (tertiary/aromatic N) is 6. The minimum absolute atomic E-state index is 0.105. The highest BCUT2D eigenvalue weighted by atomic mass is 16.5. The van der Waals surface area contributed by atoms with Gasteiger partial charge in [-0.1, -0.05) is 30.3 Å². The van der Waals surface area contributed by atoms with Crippen LogP contribution >= 0.6 is 0 Å². The summed E-state index contributed by atoms with van der Waals surface area (Å²) in [5.74, 6) is 2.35. The molecule has 8 nitrogen and oxygen atoms in total. The lowest BCUT2D eigenvalue weighted by Crippen LogP contribution is -2.44. The fourth-order valence-corrected chi connectivity index (χ4v) is 3.00. The third-order valence-electron chi connectivity index (χ3n) is 4.43. The number of benzene rings is 1. The van der Waals surface area contributed by atoms with Crippen LogP contribution in [0.25, 0.3) is 17.4 Å². The van der Waals surface area contributed by atoms with E-state index in [-0.39, 0.29) is 6.04 Å². The van der Waals surface area contributed by atoms with E-state index in [1.165, 1.54) is 0 Å². The van der Waals surface area contributed by atoms with Crippen molar-refractivity contribution in [3.05, 3.63) is 42.0 Å². The lowest BCUT2D eigenvalue weighted by molar-refractivity contribution is 0.190. The lowest BCUT2D eigenvalue weighted by atomic mass is 10.2. The Morgan fingerprint density at radius 2 is 2.08 bits per heavy atom. The molecule has 4 rings (SSSR count). The predicted octanol–water partition coefficient (Wildman–Crippen LogP) is 1.46. The van der Waals surface area contributed by atoms with E-state index in [9.17, 15) is 0 Å². The number of rotatable bonds is 4. The fraction of sp³-hybridized carbons (Fsp3) is 0.412. The molecule has 0 saturated carbocycles. The first-order valence-corrected chi connectivity index (χ1v) is 8.52. The number of aromatic nitrogens is 5. The predicted molar refractivity (Wildman–Crippen MR) is 92.3 cm³/mol. The Bertz CT molecular complexity index is 842. The van der Waals surface area contributed by atoms with Crippen molar-refractivity contribution in [2.75, 3.05) is 26.7 Å². The molecule has 0 radical (unpaired) electrons. The third-order valence-corrected chi connectivity index (χ3v) is 4.43. The second kappa shape index (κ2) is 6.73. The van der Waals surface area contributed by atoms with Gasteiger partial charge >= 0.3 is 0 Å². The van der Waals surface area contributed by atoms with Crippen LogP contribution in [-0.4, -0.2) is 56.5 Å². The SMILES string of the molecule is CCc1nc(-c2nc(C3CNCCN3C)no2)nn1-c1ccccc1. The molecule has 1 unspecified atom stereocenters. The van der Waals surface area contributed by atoms with Crippen LogP contribution in [0, 0.1) is 0 Å². The summed E-state index contributed by atoms with van der Waals surface area (Å²) >= 11 is 0. The Kier molecular flexibility index (Phi) is 4.29. The van der Waals surface area contributed by atoms with E-state index in [0.717, 1.165) is 37.6 Å². The Labute approximate surface area is 145 Å². The summed E-state index contributed by atoms with van der Waals surface area (Å²) in [6.45, 7) is 4.78. The van der Waals surface area contributed by atoms with Crippen LogP contribution < -0.4 is 5.32 Å². The normalized spacial score (nSPS) is 18.6. The molecule has 0 spiro atoms. The summed E-state index contributed by atoms with van der Waals surface area (Å²) in [4.78, 5) is 11.3. The molecule has 3 heterocycles. The molecular weight excluding hydrogens is 318 g/mol. The molecular formula is C17H21N7O. The second-order valence-corrected chi connectivity index (χ2v) is 6.11. The van der Waals surface area contributed by atoms with Crippen LogP contribution in [0.2, 0.25) is 0 Å². The van der Waals surface area contributed by atoms with Crippen molar-refractivity contribution in [2.24, 2.45) is 0 Å². The molecule has 0 aliphatic carbocycles. The van der Waals surface area contributed by atoms with Crippen molar-refractivity contribution in [2.45, 2.75) is 19.4 Å². The average molecular weight is 339 g/mol. The van der Waals surface area contributed by atoms with Gasteiger partial charge in [-0.25, -0.2) is 9.67 Å². The molecule has 0 bridgehead atoms. The van der Waals surface area contributed by atoms with E-state index in [2.05, 4.69) is 44.4 Å². The Balaban J connectivity index is 1.66. The van der Waals surface area contributed by atoms with Crippen LogP contribution in [0.4, 0.5) is 0 Å². The van der Waals surface area contributed by atoms with E-state index in [1.807, 2.05) is 35.0 Å². The van der Waals surface area contributed by atoms with Gasteiger partial charge in [0.05, 0.1) is 11.7 Å². The Hall–Kier alpha value is -2.58. The highest BCUT2D eigenvalue weighted by molar-refractivity contribution is 5.42.